The number of methoxy groups -OCH3 is 1. The quantitative estimate of drug-likeness (QED) is 0.136. The predicted molar refractivity (Wildman–Crippen MR) is 184 cm³/mol. The van der Waals surface area contributed by atoms with Gasteiger partial charge in [-0.05, 0) is 117 Å². The lowest BCUT2D eigenvalue weighted by Gasteiger charge is -2.32. The first-order valence-corrected chi connectivity index (χ1v) is 17.4. The fourth-order valence-electron chi connectivity index (χ4n) is 5.40. The highest BCUT2D eigenvalue weighted by molar-refractivity contribution is 7.91. The molecule has 250 valence electrons. The molecule has 0 heterocycles. The van der Waals surface area contributed by atoms with Crippen LogP contribution in [0, 0.1) is 0 Å². The van der Waals surface area contributed by atoms with Gasteiger partial charge in [-0.3, -0.25) is 4.79 Å². The summed E-state index contributed by atoms with van der Waals surface area (Å²) in [6.45, 7) is 12.2. The first-order chi connectivity index (χ1) is 22.2. The number of benzene rings is 4. The van der Waals surface area contributed by atoms with Crippen LogP contribution in [-0.4, -0.2) is 32.2 Å². The molecular formula is C39H46O7S. The molecule has 1 N–H and O–H groups in total. The Bertz CT molecular complexity index is 1740. The molecule has 0 aromatic heterocycles. The molecule has 0 fully saturated rings. The SMILES string of the molecule is CCC(C)(C)Oc1ccc(S(=O)(=O)c2ccc(Oc3ccc(C(C)(CCC(=O)O)c4ccc(C(C)(CC)OC)cc4)cc3)cc2)cc1. The van der Waals surface area contributed by atoms with Crippen molar-refractivity contribution < 1.29 is 32.5 Å². The molecule has 0 saturated heterocycles. The van der Waals surface area contributed by atoms with Crippen molar-refractivity contribution in [1.82, 2.24) is 0 Å². The zero-order valence-corrected chi connectivity index (χ0v) is 29.2. The summed E-state index contributed by atoms with van der Waals surface area (Å²) in [5.41, 5.74) is 1.73. The second kappa shape index (κ2) is 14.3. The van der Waals surface area contributed by atoms with Crippen molar-refractivity contribution in [2.24, 2.45) is 0 Å². The Hall–Kier alpha value is -4.14. The van der Waals surface area contributed by atoms with Crippen molar-refractivity contribution >= 4 is 15.8 Å². The van der Waals surface area contributed by atoms with Crippen molar-refractivity contribution in [2.45, 2.75) is 93.6 Å². The average molecular weight is 659 g/mol. The fourth-order valence-corrected chi connectivity index (χ4v) is 6.66. The minimum Gasteiger partial charge on any atom is -0.488 e. The third-order valence-electron chi connectivity index (χ3n) is 9.34. The van der Waals surface area contributed by atoms with Crippen molar-refractivity contribution in [1.29, 1.82) is 0 Å². The lowest BCUT2D eigenvalue weighted by atomic mass is 9.72. The largest absolute Gasteiger partial charge is 0.488 e. The Balaban J connectivity index is 1.51. The monoisotopic (exact) mass is 658 g/mol. The van der Waals surface area contributed by atoms with E-state index in [9.17, 15) is 18.3 Å². The molecule has 0 aliphatic carbocycles. The molecule has 2 unspecified atom stereocenters. The van der Waals surface area contributed by atoms with Crippen LogP contribution < -0.4 is 9.47 Å². The van der Waals surface area contributed by atoms with E-state index in [0.29, 0.717) is 23.7 Å². The van der Waals surface area contributed by atoms with E-state index in [1.54, 1.807) is 43.5 Å². The van der Waals surface area contributed by atoms with Crippen LogP contribution in [0.4, 0.5) is 0 Å². The van der Waals surface area contributed by atoms with E-state index in [0.717, 1.165) is 29.5 Å². The van der Waals surface area contributed by atoms with E-state index in [4.69, 9.17) is 14.2 Å². The number of rotatable bonds is 15. The number of aliphatic carboxylic acids is 1. The van der Waals surface area contributed by atoms with Crippen LogP contribution >= 0.6 is 0 Å². The summed E-state index contributed by atoms with van der Waals surface area (Å²) in [6, 6.07) is 28.6. The lowest BCUT2D eigenvalue weighted by Crippen LogP contribution is -2.26. The number of ether oxygens (including phenoxy) is 3. The summed E-state index contributed by atoms with van der Waals surface area (Å²) in [7, 11) is -2.02. The number of carboxylic acid groups (broad SMARTS) is 1. The molecule has 0 aliphatic heterocycles. The van der Waals surface area contributed by atoms with Gasteiger partial charge in [0.1, 0.15) is 22.8 Å². The Morgan fingerprint density at radius 3 is 1.51 bits per heavy atom. The third kappa shape index (κ3) is 8.24. The first kappa shape index (κ1) is 35.7. The molecule has 4 rings (SSSR count). The summed E-state index contributed by atoms with van der Waals surface area (Å²) in [4.78, 5) is 11.9. The molecule has 0 bridgehead atoms. The molecule has 0 saturated carbocycles. The van der Waals surface area contributed by atoms with Crippen LogP contribution in [-0.2, 0) is 30.4 Å². The number of hydrogen-bond acceptors (Lipinski definition) is 6. The van der Waals surface area contributed by atoms with Crippen molar-refractivity contribution in [3.05, 3.63) is 114 Å². The molecule has 2 atom stereocenters. The molecule has 0 amide bonds. The van der Waals surface area contributed by atoms with Crippen LogP contribution in [0.25, 0.3) is 0 Å². The Kier molecular flexibility index (Phi) is 10.9. The van der Waals surface area contributed by atoms with Gasteiger partial charge in [-0.25, -0.2) is 8.42 Å². The summed E-state index contributed by atoms with van der Waals surface area (Å²) in [6.07, 6.45) is 2.08. The summed E-state index contributed by atoms with van der Waals surface area (Å²) in [5, 5.41) is 9.51. The van der Waals surface area contributed by atoms with E-state index in [2.05, 4.69) is 45.0 Å². The maximum Gasteiger partial charge on any atom is 0.303 e. The second-order valence-electron chi connectivity index (χ2n) is 12.9. The summed E-state index contributed by atoms with van der Waals surface area (Å²) in [5.74, 6) is 0.832. The summed E-state index contributed by atoms with van der Waals surface area (Å²) < 4.78 is 44.3. The van der Waals surface area contributed by atoms with Gasteiger partial charge in [-0.2, -0.15) is 0 Å². The third-order valence-corrected chi connectivity index (χ3v) is 11.1. The van der Waals surface area contributed by atoms with Crippen molar-refractivity contribution in [2.75, 3.05) is 7.11 Å². The van der Waals surface area contributed by atoms with Crippen LogP contribution in [0.2, 0.25) is 0 Å². The van der Waals surface area contributed by atoms with E-state index >= 15 is 0 Å². The fraction of sp³-hybridized carbons (Fsp3) is 0.359. The Morgan fingerprint density at radius 2 is 1.09 bits per heavy atom. The molecule has 0 aliphatic rings. The molecule has 47 heavy (non-hydrogen) atoms. The maximum atomic E-state index is 13.3. The zero-order chi connectivity index (χ0) is 34.5. The molecule has 8 heteroatoms. The first-order valence-electron chi connectivity index (χ1n) is 16.0. The van der Waals surface area contributed by atoms with Crippen LogP contribution in [0.15, 0.2) is 107 Å². The zero-order valence-electron chi connectivity index (χ0n) is 28.4. The average Bonchev–Trinajstić information content (AvgIpc) is 3.07. The number of hydrogen-bond donors (Lipinski definition) is 1. The van der Waals surface area contributed by atoms with Gasteiger partial charge in [0.15, 0.2) is 0 Å². The van der Waals surface area contributed by atoms with Gasteiger partial charge in [0, 0.05) is 18.9 Å². The number of carbonyl (C=O) groups is 1. The standard InChI is InChI=1S/C39H46O7S/c1-8-37(3,4)46-33-20-24-35(25-21-33)47(42,43)34-22-18-32(19-23-34)45-31-16-14-29(15-17-31)38(5,27-26-36(40)41)28-10-12-30(13-11-28)39(6,9-2)44-7/h10-25H,8-9,26-27H2,1-7H3,(H,40,41). The highest BCUT2D eigenvalue weighted by Gasteiger charge is 2.31. The van der Waals surface area contributed by atoms with Crippen molar-refractivity contribution in [3.8, 4) is 17.2 Å². The van der Waals surface area contributed by atoms with Crippen LogP contribution in [0.1, 0.15) is 83.9 Å². The van der Waals surface area contributed by atoms with Gasteiger partial charge in [-0.15, -0.1) is 0 Å². The Morgan fingerprint density at radius 1 is 0.660 bits per heavy atom. The second-order valence-corrected chi connectivity index (χ2v) is 14.8. The van der Waals surface area contributed by atoms with Gasteiger partial charge in [0.25, 0.3) is 0 Å². The van der Waals surface area contributed by atoms with Gasteiger partial charge >= 0.3 is 5.97 Å². The number of sulfone groups is 1. The normalized spacial score (nSPS) is 14.5. The van der Waals surface area contributed by atoms with Gasteiger partial charge in [-0.1, -0.05) is 57.2 Å². The number of carboxylic acids is 1. The van der Waals surface area contributed by atoms with E-state index in [1.807, 2.05) is 45.0 Å². The van der Waals surface area contributed by atoms with Crippen molar-refractivity contribution in [3.63, 3.8) is 0 Å². The Labute approximate surface area is 279 Å². The highest BCUT2D eigenvalue weighted by Crippen LogP contribution is 2.39. The lowest BCUT2D eigenvalue weighted by molar-refractivity contribution is -0.137. The minimum atomic E-state index is -3.73. The van der Waals surface area contributed by atoms with E-state index in [1.165, 1.54) is 12.1 Å². The smallest absolute Gasteiger partial charge is 0.303 e. The van der Waals surface area contributed by atoms with Gasteiger partial charge in [0.2, 0.25) is 9.84 Å². The molecular weight excluding hydrogens is 612 g/mol. The molecule has 4 aromatic carbocycles. The predicted octanol–water partition coefficient (Wildman–Crippen LogP) is 9.32. The van der Waals surface area contributed by atoms with E-state index in [-0.39, 0.29) is 21.8 Å². The maximum absolute atomic E-state index is 13.3. The van der Waals surface area contributed by atoms with E-state index < -0.39 is 26.8 Å². The highest BCUT2D eigenvalue weighted by atomic mass is 32.2. The molecule has 0 radical (unpaired) electrons. The van der Waals surface area contributed by atoms with Gasteiger partial charge in [0.05, 0.1) is 15.4 Å². The van der Waals surface area contributed by atoms with Crippen LogP contribution in [0.3, 0.4) is 0 Å². The molecule has 0 spiro atoms. The van der Waals surface area contributed by atoms with Crippen LogP contribution in [0.5, 0.6) is 17.2 Å². The molecule has 7 nitrogen and oxygen atoms in total. The summed E-state index contributed by atoms with van der Waals surface area (Å²) >= 11 is 0. The molecule has 4 aromatic rings. The topological polar surface area (TPSA) is 99.1 Å². The van der Waals surface area contributed by atoms with Gasteiger partial charge < -0.3 is 19.3 Å². The minimum absolute atomic E-state index is 0.0193.